The Morgan fingerprint density at radius 1 is 1.18 bits per heavy atom. The van der Waals surface area contributed by atoms with Crippen LogP contribution in [0.25, 0.3) is 0 Å². The van der Waals surface area contributed by atoms with Crippen LogP contribution in [0.1, 0.15) is 48.0 Å². The number of thiophene rings is 1. The van der Waals surface area contributed by atoms with Crippen LogP contribution in [0.4, 0.5) is 10.7 Å². The lowest BCUT2D eigenvalue weighted by Crippen LogP contribution is -2.52. The minimum atomic E-state index is -0.328. The third-order valence-corrected chi connectivity index (χ3v) is 8.08. The first kappa shape index (κ1) is 24.5. The Balaban J connectivity index is 1.41. The predicted octanol–water partition coefficient (Wildman–Crippen LogP) is 4.21. The third kappa shape index (κ3) is 5.23. The fourth-order valence-corrected chi connectivity index (χ4v) is 6.20. The maximum atomic E-state index is 13.2. The van der Waals surface area contributed by atoms with Crippen LogP contribution in [0.5, 0.6) is 5.75 Å². The molecular formula is C26H35N3O4S. The third-order valence-electron chi connectivity index (χ3n) is 6.91. The number of amides is 1. The van der Waals surface area contributed by atoms with E-state index in [4.69, 9.17) is 9.47 Å². The summed E-state index contributed by atoms with van der Waals surface area (Å²) in [7, 11) is 1.67. The standard InChI is InChI=1S/C26H35N3O4S/c1-5-33-26(31)23-21-11-6-17(2)16-22(21)34-25(23)27-24(30)18(3)28-12-14-29(15-13-28)19-7-9-20(32-4)10-8-19/h7-10,17-18H,5-6,11-16H2,1-4H3,(H,27,30). The molecule has 8 heteroatoms. The number of nitrogens with zero attached hydrogens (tertiary/aromatic N) is 2. The molecule has 1 N–H and O–H groups in total. The van der Waals surface area contributed by atoms with Gasteiger partial charge in [0.05, 0.1) is 25.3 Å². The van der Waals surface area contributed by atoms with Crippen molar-refractivity contribution >= 4 is 33.9 Å². The summed E-state index contributed by atoms with van der Waals surface area (Å²) in [6, 6.07) is 7.80. The number of nitrogens with one attached hydrogen (secondary N) is 1. The van der Waals surface area contributed by atoms with Gasteiger partial charge in [-0.3, -0.25) is 9.69 Å². The summed E-state index contributed by atoms with van der Waals surface area (Å²) < 4.78 is 10.6. The van der Waals surface area contributed by atoms with E-state index in [1.54, 1.807) is 18.4 Å². The lowest BCUT2D eigenvalue weighted by molar-refractivity contribution is -0.120. The maximum Gasteiger partial charge on any atom is 0.341 e. The SMILES string of the molecule is CCOC(=O)c1c(NC(=O)C(C)N2CCN(c3ccc(OC)cc3)CC2)sc2c1CCC(C)C2. The van der Waals surface area contributed by atoms with Crippen LogP contribution in [-0.4, -0.2) is 62.7 Å². The highest BCUT2D eigenvalue weighted by molar-refractivity contribution is 7.17. The summed E-state index contributed by atoms with van der Waals surface area (Å²) >= 11 is 1.54. The minimum absolute atomic E-state index is 0.0740. The molecular weight excluding hydrogens is 450 g/mol. The molecule has 0 spiro atoms. The van der Waals surface area contributed by atoms with Crippen LogP contribution < -0.4 is 15.0 Å². The molecule has 2 heterocycles. The van der Waals surface area contributed by atoms with Gasteiger partial charge in [0.15, 0.2) is 0 Å². The van der Waals surface area contributed by atoms with Crippen molar-refractivity contribution in [3.8, 4) is 5.75 Å². The lowest BCUT2D eigenvalue weighted by Gasteiger charge is -2.38. The number of hydrogen-bond donors (Lipinski definition) is 1. The van der Waals surface area contributed by atoms with E-state index < -0.39 is 0 Å². The summed E-state index contributed by atoms with van der Waals surface area (Å²) in [5, 5.41) is 3.73. The van der Waals surface area contributed by atoms with Gasteiger partial charge in [0.2, 0.25) is 5.91 Å². The second-order valence-electron chi connectivity index (χ2n) is 9.16. The van der Waals surface area contributed by atoms with E-state index in [0.717, 1.165) is 62.4 Å². The summed E-state index contributed by atoms with van der Waals surface area (Å²) in [6.45, 7) is 9.60. The van der Waals surface area contributed by atoms with E-state index in [0.29, 0.717) is 23.1 Å². The average Bonchev–Trinajstić information content (AvgIpc) is 3.20. The molecule has 1 aromatic carbocycles. The highest BCUT2D eigenvalue weighted by Crippen LogP contribution is 2.40. The van der Waals surface area contributed by atoms with Crippen molar-refractivity contribution in [1.82, 2.24) is 4.90 Å². The number of methoxy groups -OCH3 is 1. The van der Waals surface area contributed by atoms with Gasteiger partial charge in [0.25, 0.3) is 0 Å². The van der Waals surface area contributed by atoms with Crippen LogP contribution in [0.3, 0.4) is 0 Å². The Morgan fingerprint density at radius 3 is 2.53 bits per heavy atom. The smallest absolute Gasteiger partial charge is 0.341 e. The first-order valence-electron chi connectivity index (χ1n) is 12.2. The van der Waals surface area contributed by atoms with Crippen molar-refractivity contribution in [3.05, 3.63) is 40.3 Å². The van der Waals surface area contributed by atoms with E-state index in [9.17, 15) is 9.59 Å². The Kier molecular flexibility index (Phi) is 7.78. The second-order valence-corrected chi connectivity index (χ2v) is 10.3. The van der Waals surface area contributed by atoms with Gasteiger partial charge in [0, 0.05) is 36.7 Å². The Labute approximate surface area is 206 Å². The summed E-state index contributed by atoms with van der Waals surface area (Å²) in [6.07, 6.45) is 2.86. The predicted molar refractivity (Wildman–Crippen MR) is 136 cm³/mol. The largest absolute Gasteiger partial charge is 0.497 e. The Hall–Kier alpha value is -2.58. The van der Waals surface area contributed by atoms with Crippen molar-refractivity contribution < 1.29 is 19.1 Å². The molecule has 2 aliphatic rings. The van der Waals surface area contributed by atoms with Crippen molar-refractivity contribution in [2.24, 2.45) is 5.92 Å². The van der Waals surface area contributed by atoms with E-state index in [2.05, 4.69) is 34.2 Å². The summed E-state index contributed by atoms with van der Waals surface area (Å²) in [5.41, 5.74) is 2.80. The van der Waals surface area contributed by atoms with E-state index in [1.807, 2.05) is 26.0 Å². The van der Waals surface area contributed by atoms with Crippen molar-refractivity contribution in [2.45, 2.75) is 46.1 Å². The molecule has 2 atom stereocenters. The number of fused-ring (bicyclic) bond motifs is 1. The molecule has 0 saturated carbocycles. The molecule has 1 amide bonds. The maximum absolute atomic E-state index is 13.2. The van der Waals surface area contributed by atoms with Gasteiger partial charge >= 0.3 is 5.97 Å². The highest BCUT2D eigenvalue weighted by atomic mass is 32.1. The molecule has 0 bridgehead atoms. The van der Waals surface area contributed by atoms with Gasteiger partial charge in [-0.25, -0.2) is 4.79 Å². The fraction of sp³-hybridized carbons (Fsp3) is 0.538. The number of benzene rings is 1. The topological polar surface area (TPSA) is 71.1 Å². The highest BCUT2D eigenvalue weighted by Gasteiger charge is 2.31. The molecule has 1 saturated heterocycles. The normalized spacial score (nSPS) is 19.3. The molecule has 2 aromatic rings. The molecule has 34 heavy (non-hydrogen) atoms. The molecule has 2 unspecified atom stereocenters. The first-order chi connectivity index (χ1) is 16.4. The molecule has 184 valence electrons. The van der Waals surface area contributed by atoms with Crippen molar-refractivity contribution in [3.63, 3.8) is 0 Å². The lowest BCUT2D eigenvalue weighted by atomic mass is 9.88. The number of ether oxygens (including phenoxy) is 2. The Bertz CT molecular complexity index is 1010. The quantitative estimate of drug-likeness (QED) is 0.593. The molecule has 7 nitrogen and oxygen atoms in total. The van der Waals surface area contributed by atoms with Gasteiger partial charge in [-0.05, 0) is 68.9 Å². The van der Waals surface area contributed by atoms with E-state index >= 15 is 0 Å². The molecule has 0 radical (unpaired) electrons. The van der Waals surface area contributed by atoms with Gasteiger partial charge in [0.1, 0.15) is 10.8 Å². The van der Waals surface area contributed by atoms with Crippen molar-refractivity contribution in [1.29, 1.82) is 0 Å². The number of hydrogen-bond acceptors (Lipinski definition) is 7. The summed E-state index contributed by atoms with van der Waals surface area (Å²) in [5.74, 6) is 1.03. The zero-order valence-corrected chi connectivity index (χ0v) is 21.4. The van der Waals surface area contributed by atoms with E-state index in [1.165, 1.54) is 4.88 Å². The molecule has 1 aromatic heterocycles. The number of carbonyl (C=O) groups excluding carboxylic acids is 2. The van der Waals surface area contributed by atoms with Crippen LogP contribution in [0, 0.1) is 5.92 Å². The molecule has 1 fully saturated rings. The second kappa shape index (κ2) is 10.8. The average molecular weight is 486 g/mol. The Morgan fingerprint density at radius 2 is 1.88 bits per heavy atom. The van der Waals surface area contributed by atoms with Crippen LogP contribution in [0.15, 0.2) is 24.3 Å². The number of esters is 1. The van der Waals surface area contributed by atoms with Gasteiger partial charge in [-0.15, -0.1) is 11.3 Å². The van der Waals surface area contributed by atoms with Crippen LogP contribution in [0.2, 0.25) is 0 Å². The molecule has 1 aliphatic carbocycles. The number of piperazine rings is 1. The first-order valence-corrected chi connectivity index (χ1v) is 13.0. The van der Waals surface area contributed by atoms with Gasteiger partial charge < -0.3 is 19.7 Å². The fourth-order valence-electron chi connectivity index (χ4n) is 4.80. The molecule has 1 aliphatic heterocycles. The van der Waals surface area contributed by atoms with Crippen LogP contribution >= 0.6 is 11.3 Å². The van der Waals surface area contributed by atoms with E-state index in [-0.39, 0.29) is 17.9 Å². The minimum Gasteiger partial charge on any atom is -0.497 e. The number of rotatable bonds is 7. The monoisotopic (exact) mass is 485 g/mol. The van der Waals surface area contributed by atoms with Crippen molar-refractivity contribution in [2.75, 3.05) is 50.1 Å². The number of carbonyl (C=O) groups is 2. The van der Waals surface area contributed by atoms with Crippen LogP contribution in [-0.2, 0) is 22.4 Å². The van der Waals surface area contributed by atoms with Gasteiger partial charge in [-0.1, -0.05) is 6.92 Å². The zero-order valence-electron chi connectivity index (χ0n) is 20.6. The molecule has 4 rings (SSSR count). The number of anilines is 2. The summed E-state index contributed by atoms with van der Waals surface area (Å²) in [4.78, 5) is 31.7. The zero-order chi connectivity index (χ0) is 24.2. The van der Waals surface area contributed by atoms with Gasteiger partial charge in [-0.2, -0.15) is 0 Å².